The molecule has 1 amide bonds. The van der Waals surface area contributed by atoms with E-state index in [9.17, 15) is 14.7 Å². The molecule has 1 fully saturated rings. The van der Waals surface area contributed by atoms with E-state index in [2.05, 4.69) is 20.9 Å². The summed E-state index contributed by atoms with van der Waals surface area (Å²) in [4.78, 5) is 26.5. The highest BCUT2D eigenvalue weighted by molar-refractivity contribution is 5.99. The number of carbonyl (C=O) groups is 2. The van der Waals surface area contributed by atoms with E-state index in [4.69, 9.17) is 14.2 Å². The first kappa shape index (κ1) is 29.8. The predicted molar refractivity (Wildman–Crippen MR) is 163 cm³/mol. The fourth-order valence-electron chi connectivity index (χ4n) is 6.35. The first-order valence-electron chi connectivity index (χ1n) is 14.9. The number of carboxylic acid groups (broad SMARTS) is 1. The van der Waals surface area contributed by atoms with Crippen molar-refractivity contribution in [3.8, 4) is 22.8 Å². The zero-order valence-corrected chi connectivity index (χ0v) is 25.4. The summed E-state index contributed by atoms with van der Waals surface area (Å²) < 4.78 is 20.0. The Morgan fingerprint density at radius 2 is 1.90 bits per heavy atom. The average molecular weight is 578 g/mol. The number of para-hydroxylation sites is 1. The minimum absolute atomic E-state index is 0.0643. The second-order valence-corrected chi connectivity index (χ2v) is 12.5. The summed E-state index contributed by atoms with van der Waals surface area (Å²) >= 11 is 0. The number of hydrogen-bond donors (Lipinski definition) is 2. The van der Waals surface area contributed by atoms with Crippen molar-refractivity contribution in [3.63, 3.8) is 0 Å². The Bertz CT molecular complexity index is 1450. The van der Waals surface area contributed by atoms with Gasteiger partial charge >= 0.3 is 12.1 Å². The van der Waals surface area contributed by atoms with Gasteiger partial charge in [0.15, 0.2) is 11.5 Å². The van der Waals surface area contributed by atoms with Gasteiger partial charge in [0, 0.05) is 36.1 Å². The fourth-order valence-corrected chi connectivity index (χ4v) is 6.35. The second-order valence-electron chi connectivity index (χ2n) is 12.5. The molecular weight excluding hydrogens is 534 g/mol. The molecule has 1 saturated carbocycles. The summed E-state index contributed by atoms with van der Waals surface area (Å²) in [7, 11) is 3.67. The molecule has 0 saturated heterocycles. The maximum atomic E-state index is 12.2. The molecule has 2 heterocycles. The molecule has 2 aliphatic rings. The van der Waals surface area contributed by atoms with E-state index in [-0.39, 0.29) is 11.6 Å². The van der Waals surface area contributed by atoms with Crippen molar-refractivity contribution in [3.05, 3.63) is 47.5 Å². The van der Waals surface area contributed by atoms with Crippen molar-refractivity contribution < 1.29 is 28.9 Å². The molecule has 0 spiro atoms. The van der Waals surface area contributed by atoms with Gasteiger partial charge in [0.2, 0.25) is 0 Å². The molecule has 0 unspecified atom stereocenters. The molecule has 5 rings (SSSR count). The number of carbonyl (C=O) groups excluding carboxylic acids is 1. The number of rotatable bonds is 7. The Hall–Kier alpha value is -3.72. The Morgan fingerprint density at radius 3 is 2.60 bits per heavy atom. The number of nitrogens with one attached hydrogen (secondary N) is 1. The number of aromatic carboxylic acids is 1. The molecule has 9 nitrogen and oxygen atoms in total. The van der Waals surface area contributed by atoms with Gasteiger partial charge in [0.1, 0.15) is 12.2 Å². The van der Waals surface area contributed by atoms with Crippen LogP contribution in [0, 0.1) is 0 Å². The van der Waals surface area contributed by atoms with Crippen LogP contribution in [-0.2, 0) is 11.3 Å². The van der Waals surface area contributed by atoms with Gasteiger partial charge in [-0.05, 0) is 76.4 Å². The van der Waals surface area contributed by atoms with E-state index in [1.165, 1.54) is 24.8 Å². The lowest BCUT2D eigenvalue weighted by Gasteiger charge is -2.33. The Morgan fingerprint density at radius 1 is 1.14 bits per heavy atom. The number of hydrogen-bond acceptors (Lipinski definition) is 6. The normalized spacial score (nSPS) is 17.5. The number of fused-ring (bicyclic) bond motifs is 5. The monoisotopic (exact) mass is 577 g/mol. The number of alkyl carbamates (subject to hydrolysis) is 1. The third-order valence-electron chi connectivity index (χ3n) is 8.39. The molecule has 1 aliphatic heterocycles. The Kier molecular flexibility index (Phi) is 8.68. The number of benzene rings is 2. The smallest absolute Gasteiger partial charge is 0.407 e. The summed E-state index contributed by atoms with van der Waals surface area (Å²) in [6.45, 7) is 7.51. The third-order valence-corrected chi connectivity index (χ3v) is 8.39. The van der Waals surface area contributed by atoms with Gasteiger partial charge in [-0.3, -0.25) is 4.90 Å². The second kappa shape index (κ2) is 12.3. The lowest BCUT2D eigenvalue weighted by molar-refractivity contribution is 0.0516. The molecule has 2 aromatic carbocycles. The topological polar surface area (TPSA) is 102 Å². The van der Waals surface area contributed by atoms with Crippen LogP contribution in [0.1, 0.15) is 74.7 Å². The number of methoxy groups -OCH3 is 1. The minimum Gasteiger partial charge on any atom is -0.493 e. The molecule has 1 aromatic heterocycles. The molecule has 3 aromatic rings. The van der Waals surface area contributed by atoms with Crippen LogP contribution in [0.5, 0.6) is 11.5 Å². The first-order chi connectivity index (χ1) is 20.1. The van der Waals surface area contributed by atoms with Crippen LogP contribution in [0.4, 0.5) is 4.79 Å². The van der Waals surface area contributed by atoms with Crippen LogP contribution in [0.15, 0.2) is 36.4 Å². The van der Waals surface area contributed by atoms with Crippen molar-refractivity contribution in [1.29, 1.82) is 0 Å². The Balaban J connectivity index is 1.59. The lowest BCUT2D eigenvalue weighted by atomic mass is 9.81. The van der Waals surface area contributed by atoms with Gasteiger partial charge in [-0.1, -0.05) is 31.4 Å². The highest BCUT2D eigenvalue weighted by Crippen LogP contribution is 2.49. The third kappa shape index (κ3) is 6.21. The van der Waals surface area contributed by atoms with Gasteiger partial charge in [0.05, 0.1) is 24.4 Å². The van der Waals surface area contributed by atoms with Crippen molar-refractivity contribution in [2.75, 3.05) is 33.9 Å². The number of nitrogens with zero attached hydrogens (tertiary/aromatic N) is 2. The number of ether oxygens (including phenoxy) is 3. The number of amides is 1. The molecule has 1 atom stereocenters. The zero-order valence-electron chi connectivity index (χ0n) is 25.4. The molecule has 42 heavy (non-hydrogen) atoms. The van der Waals surface area contributed by atoms with Gasteiger partial charge in [-0.2, -0.15) is 0 Å². The van der Waals surface area contributed by atoms with Crippen molar-refractivity contribution in [1.82, 2.24) is 14.8 Å². The average Bonchev–Trinajstić information content (AvgIpc) is 3.25. The molecule has 226 valence electrons. The van der Waals surface area contributed by atoms with Gasteiger partial charge < -0.3 is 29.2 Å². The highest BCUT2D eigenvalue weighted by atomic mass is 16.6. The summed E-state index contributed by atoms with van der Waals surface area (Å²) in [5, 5.41) is 13.8. The summed E-state index contributed by atoms with van der Waals surface area (Å²) in [5.74, 6) is 0.801. The maximum Gasteiger partial charge on any atom is 0.407 e. The van der Waals surface area contributed by atoms with Crippen LogP contribution in [0.3, 0.4) is 0 Å². The van der Waals surface area contributed by atoms with E-state index < -0.39 is 17.7 Å². The lowest BCUT2D eigenvalue weighted by Crippen LogP contribution is -2.44. The summed E-state index contributed by atoms with van der Waals surface area (Å²) in [5.41, 5.74) is 3.95. The summed E-state index contributed by atoms with van der Waals surface area (Å²) in [6, 6.07) is 11.5. The number of likely N-dealkylation sites (N-methyl/N-ethyl adjacent to an activating group) is 1. The van der Waals surface area contributed by atoms with Crippen LogP contribution in [-0.4, -0.2) is 72.1 Å². The van der Waals surface area contributed by atoms with Crippen LogP contribution in [0.25, 0.3) is 22.2 Å². The van der Waals surface area contributed by atoms with E-state index in [1.807, 2.05) is 52.1 Å². The SMILES string of the molecule is COc1cccc2c1OC[C@H](N(C)CCNC(=O)OC(C)(C)C)Cn1c-2c(C2CCCCC2)c2ccc(C(=O)O)cc21. The van der Waals surface area contributed by atoms with Crippen LogP contribution in [0.2, 0.25) is 0 Å². The largest absolute Gasteiger partial charge is 0.493 e. The van der Waals surface area contributed by atoms with E-state index >= 15 is 0 Å². The minimum atomic E-state index is -0.940. The quantitative estimate of drug-likeness (QED) is 0.341. The van der Waals surface area contributed by atoms with Crippen LogP contribution < -0.4 is 14.8 Å². The van der Waals surface area contributed by atoms with E-state index in [0.29, 0.717) is 43.7 Å². The van der Waals surface area contributed by atoms with Crippen molar-refractivity contribution in [2.45, 2.75) is 77.0 Å². The van der Waals surface area contributed by atoms with Crippen molar-refractivity contribution >= 4 is 23.0 Å². The zero-order chi connectivity index (χ0) is 30.0. The fraction of sp³-hybridized carbons (Fsp3) is 0.515. The first-order valence-corrected chi connectivity index (χ1v) is 14.9. The van der Waals surface area contributed by atoms with Crippen LogP contribution >= 0.6 is 0 Å². The number of carboxylic acids is 1. The predicted octanol–water partition coefficient (Wildman–Crippen LogP) is 6.28. The van der Waals surface area contributed by atoms with Gasteiger partial charge in [-0.25, -0.2) is 9.59 Å². The maximum absolute atomic E-state index is 12.2. The molecule has 0 radical (unpaired) electrons. The Labute approximate surface area is 247 Å². The van der Waals surface area contributed by atoms with E-state index in [1.54, 1.807) is 13.2 Å². The van der Waals surface area contributed by atoms with Gasteiger partial charge in [0.25, 0.3) is 0 Å². The molecule has 0 bridgehead atoms. The van der Waals surface area contributed by atoms with E-state index in [0.717, 1.165) is 35.0 Å². The molecule has 1 aliphatic carbocycles. The molecule has 9 heteroatoms. The highest BCUT2D eigenvalue weighted by Gasteiger charge is 2.32. The number of aromatic nitrogens is 1. The van der Waals surface area contributed by atoms with Crippen molar-refractivity contribution in [2.24, 2.45) is 0 Å². The molecule has 2 N–H and O–H groups in total. The molecular formula is C33H43N3O6. The van der Waals surface area contributed by atoms with Gasteiger partial charge in [-0.15, -0.1) is 0 Å². The standard InChI is InChI=1S/C33H43N3O6/c1-33(2,3)42-32(39)34-16-17-35(4)23-19-36-26-18-22(31(37)38)14-15-24(26)28(21-10-7-6-8-11-21)29(36)25-12-9-13-27(40-5)30(25)41-20-23/h9,12-15,18,21,23H,6-8,10-11,16-17,19-20H2,1-5H3,(H,34,39)(H,37,38)/t23-/m1/s1. The summed E-state index contributed by atoms with van der Waals surface area (Å²) in [6.07, 6.45) is 5.37.